The fourth-order valence-electron chi connectivity index (χ4n) is 3.02. The molecule has 108 valence electrons. The van der Waals surface area contributed by atoms with E-state index in [0.29, 0.717) is 6.54 Å². The number of nitrogens with zero attached hydrogens (tertiary/aromatic N) is 1. The first kappa shape index (κ1) is 14.6. The Morgan fingerprint density at radius 3 is 2.52 bits per heavy atom. The van der Waals surface area contributed by atoms with E-state index in [-0.39, 0.29) is 5.91 Å². The third-order valence-corrected chi connectivity index (χ3v) is 4.57. The van der Waals surface area contributed by atoms with E-state index in [1.54, 1.807) is 0 Å². The molecule has 0 bridgehead atoms. The SMILES string of the molecule is Cc1cc(C)cc(CN2CCc3ccc(I)cc3C2=O)c1. The van der Waals surface area contributed by atoms with Crippen LogP contribution in [0.1, 0.15) is 32.6 Å². The van der Waals surface area contributed by atoms with Crippen molar-refractivity contribution in [2.75, 3.05) is 6.54 Å². The van der Waals surface area contributed by atoms with Crippen LogP contribution >= 0.6 is 22.6 Å². The molecule has 0 saturated heterocycles. The number of carbonyl (C=O) groups is 1. The second kappa shape index (κ2) is 5.79. The highest BCUT2D eigenvalue weighted by Crippen LogP contribution is 2.23. The van der Waals surface area contributed by atoms with Crippen LogP contribution in [-0.4, -0.2) is 17.4 Å². The van der Waals surface area contributed by atoms with Crippen LogP contribution in [0.2, 0.25) is 0 Å². The highest BCUT2D eigenvalue weighted by Gasteiger charge is 2.24. The molecule has 1 aliphatic rings. The van der Waals surface area contributed by atoms with Crippen molar-refractivity contribution >= 4 is 28.5 Å². The zero-order valence-electron chi connectivity index (χ0n) is 12.3. The Morgan fingerprint density at radius 2 is 1.81 bits per heavy atom. The van der Waals surface area contributed by atoms with Crippen molar-refractivity contribution in [2.45, 2.75) is 26.8 Å². The Balaban J connectivity index is 1.86. The summed E-state index contributed by atoms with van der Waals surface area (Å²) in [5.41, 5.74) is 5.78. The largest absolute Gasteiger partial charge is 0.334 e. The molecule has 2 aromatic rings. The standard InChI is InChI=1S/C18H18INO/c1-12-7-13(2)9-14(8-12)11-20-6-5-15-3-4-16(19)10-17(15)18(20)21/h3-4,7-10H,5-6,11H2,1-2H3. The highest BCUT2D eigenvalue weighted by atomic mass is 127. The van der Waals surface area contributed by atoms with E-state index in [1.165, 1.54) is 22.3 Å². The van der Waals surface area contributed by atoms with Gasteiger partial charge in [0, 0.05) is 22.2 Å². The van der Waals surface area contributed by atoms with Gasteiger partial charge in [-0.15, -0.1) is 0 Å². The van der Waals surface area contributed by atoms with Crippen LogP contribution in [0, 0.1) is 17.4 Å². The molecule has 0 aromatic heterocycles. The lowest BCUT2D eigenvalue weighted by atomic mass is 9.98. The maximum Gasteiger partial charge on any atom is 0.254 e. The number of halogens is 1. The third-order valence-electron chi connectivity index (χ3n) is 3.90. The Morgan fingerprint density at radius 1 is 1.10 bits per heavy atom. The molecule has 0 aliphatic carbocycles. The van der Waals surface area contributed by atoms with Crippen LogP contribution in [0.4, 0.5) is 0 Å². The molecule has 3 heteroatoms. The van der Waals surface area contributed by atoms with Crippen molar-refractivity contribution in [1.82, 2.24) is 4.90 Å². The quantitative estimate of drug-likeness (QED) is 0.706. The molecule has 0 spiro atoms. The number of fused-ring (bicyclic) bond motifs is 1. The molecule has 0 N–H and O–H groups in total. The molecule has 0 radical (unpaired) electrons. The van der Waals surface area contributed by atoms with Crippen LogP contribution in [0.15, 0.2) is 36.4 Å². The summed E-state index contributed by atoms with van der Waals surface area (Å²) in [7, 11) is 0. The monoisotopic (exact) mass is 391 g/mol. The van der Waals surface area contributed by atoms with Gasteiger partial charge < -0.3 is 4.90 Å². The summed E-state index contributed by atoms with van der Waals surface area (Å²) in [6.45, 7) is 5.71. The molecular formula is C18H18INO. The molecule has 0 fully saturated rings. The number of aryl methyl sites for hydroxylation is 2. The van der Waals surface area contributed by atoms with Gasteiger partial charge in [0.2, 0.25) is 0 Å². The molecule has 21 heavy (non-hydrogen) atoms. The molecule has 1 aliphatic heterocycles. The zero-order chi connectivity index (χ0) is 15.0. The van der Waals surface area contributed by atoms with Gasteiger partial charge in [-0.3, -0.25) is 4.79 Å². The number of hydrogen-bond acceptors (Lipinski definition) is 1. The Bertz CT molecular complexity index is 688. The van der Waals surface area contributed by atoms with Crippen molar-refractivity contribution in [1.29, 1.82) is 0 Å². The van der Waals surface area contributed by atoms with Crippen molar-refractivity contribution < 1.29 is 4.79 Å². The average molecular weight is 391 g/mol. The number of benzene rings is 2. The van der Waals surface area contributed by atoms with E-state index in [9.17, 15) is 4.79 Å². The minimum atomic E-state index is 0.161. The summed E-state index contributed by atoms with van der Waals surface area (Å²) in [5, 5.41) is 0. The smallest absolute Gasteiger partial charge is 0.254 e. The van der Waals surface area contributed by atoms with E-state index in [4.69, 9.17) is 0 Å². The second-order valence-corrected chi connectivity index (χ2v) is 7.02. The first-order valence-electron chi connectivity index (χ1n) is 7.18. The maximum absolute atomic E-state index is 12.7. The number of amides is 1. The molecule has 1 amide bonds. The van der Waals surface area contributed by atoms with Crippen molar-refractivity contribution in [2.24, 2.45) is 0 Å². The first-order valence-corrected chi connectivity index (χ1v) is 8.26. The molecule has 0 saturated carbocycles. The van der Waals surface area contributed by atoms with Gasteiger partial charge in [-0.1, -0.05) is 35.4 Å². The second-order valence-electron chi connectivity index (χ2n) is 5.77. The third kappa shape index (κ3) is 3.12. The van der Waals surface area contributed by atoms with E-state index in [0.717, 1.165) is 22.1 Å². The Kier molecular flexibility index (Phi) is 4.02. The maximum atomic E-state index is 12.7. The minimum absolute atomic E-state index is 0.161. The number of carbonyl (C=O) groups excluding carboxylic acids is 1. The first-order chi connectivity index (χ1) is 10.0. The molecule has 0 atom stereocenters. The van der Waals surface area contributed by atoms with Crippen LogP contribution < -0.4 is 0 Å². The average Bonchev–Trinajstić information content (AvgIpc) is 2.41. The predicted molar refractivity (Wildman–Crippen MR) is 93.5 cm³/mol. The Hall–Kier alpha value is -1.36. The summed E-state index contributed by atoms with van der Waals surface area (Å²) in [4.78, 5) is 14.6. The fourth-order valence-corrected chi connectivity index (χ4v) is 3.52. The fraction of sp³-hybridized carbons (Fsp3) is 0.278. The van der Waals surface area contributed by atoms with Gasteiger partial charge in [0.25, 0.3) is 5.91 Å². The Labute approximate surface area is 139 Å². The highest BCUT2D eigenvalue weighted by molar-refractivity contribution is 14.1. The normalized spacial score (nSPS) is 14.2. The van der Waals surface area contributed by atoms with Crippen LogP contribution in [-0.2, 0) is 13.0 Å². The van der Waals surface area contributed by atoms with Gasteiger partial charge in [-0.2, -0.15) is 0 Å². The van der Waals surface area contributed by atoms with E-state index < -0.39 is 0 Å². The summed E-state index contributed by atoms with van der Waals surface area (Å²) < 4.78 is 1.12. The lowest BCUT2D eigenvalue weighted by Crippen LogP contribution is -2.37. The van der Waals surface area contributed by atoms with Crippen LogP contribution in [0.25, 0.3) is 0 Å². The molecular weight excluding hydrogens is 373 g/mol. The number of hydrogen-bond donors (Lipinski definition) is 0. The van der Waals surface area contributed by atoms with Gasteiger partial charge in [0.15, 0.2) is 0 Å². The predicted octanol–water partition coefficient (Wildman–Crippen LogP) is 4.11. The summed E-state index contributed by atoms with van der Waals surface area (Å²) >= 11 is 2.26. The van der Waals surface area contributed by atoms with Crippen molar-refractivity contribution in [3.05, 3.63) is 67.8 Å². The van der Waals surface area contributed by atoms with Gasteiger partial charge >= 0.3 is 0 Å². The summed E-state index contributed by atoms with van der Waals surface area (Å²) in [6.07, 6.45) is 0.947. The molecule has 3 rings (SSSR count). The minimum Gasteiger partial charge on any atom is -0.334 e. The molecule has 1 heterocycles. The van der Waals surface area contributed by atoms with E-state index >= 15 is 0 Å². The van der Waals surface area contributed by atoms with E-state index in [1.807, 2.05) is 11.0 Å². The summed E-state index contributed by atoms with van der Waals surface area (Å²) in [6, 6.07) is 12.7. The van der Waals surface area contributed by atoms with Crippen LogP contribution in [0.3, 0.4) is 0 Å². The topological polar surface area (TPSA) is 20.3 Å². The lowest BCUT2D eigenvalue weighted by Gasteiger charge is -2.29. The van der Waals surface area contributed by atoms with Gasteiger partial charge in [-0.05, 0) is 66.1 Å². The molecule has 0 unspecified atom stereocenters. The number of rotatable bonds is 2. The zero-order valence-corrected chi connectivity index (χ0v) is 14.5. The van der Waals surface area contributed by atoms with Crippen LogP contribution in [0.5, 0.6) is 0 Å². The molecule has 2 aromatic carbocycles. The van der Waals surface area contributed by atoms with Crippen molar-refractivity contribution in [3.8, 4) is 0 Å². The van der Waals surface area contributed by atoms with Gasteiger partial charge in [0.05, 0.1) is 0 Å². The van der Waals surface area contributed by atoms with Gasteiger partial charge in [-0.25, -0.2) is 0 Å². The van der Waals surface area contributed by atoms with E-state index in [2.05, 4.69) is 66.8 Å². The van der Waals surface area contributed by atoms with Crippen molar-refractivity contribution in [3.63, 3.8) is 0 Å². The summed E-state index contributed by atoms with van der Waals surface area (Å²) in [5.74, 6) is 0.161. The van der Waals surface area contributed by atoms with Gasteiger partial charge in [0.1, 0.15) is 0 Å². The lowest BCUT2D eigenvalue weighted by molar-refractivity contribution is 0.0727. The molecule has 2 nitrogen and oxygen atoms in total.